The van der Waals surface area contributed by atoms with Crippen LogP contribution in [0.1, 0.15) is 58.3 Å². The third-order valence-electron chi connectivity index (χ3n) is 3.43. The number of unbranched alkanes of at least 4 members (excludes halogenated alkanes) is 6. The van der Waals surface area contributed by atoms with Crippen molar-refractivity contribution in [2.24, 2.45) is 11.7 Å². The molecule has 0 bridgehead atoms. The highest BCUT2D eigenvalue weighted by atomic mass is 19.4. The first-order valence-corrected chi connectivity index (χ1v) is 7.24. The number of carbonyl (C=O) groups excluding carboxylic acids is 1. The van der Waals surface area contributed by atoms with Crippen molar-refractivity contribution < 1.29 is 22.7 Å². The number of methoxy groups -OCH3 is 1. The van der Waals surface area contributed by atoms with E-state index >= 15 is 0 Å². The number of nitrogens with two attached hydrogens (primary N) is 1. The molecule has 0 aliphatic heterocycles. The van der Waals surface area contributed by atoms with Crippen molar-refractivity contribution in [1.29, 1.82) is 0 Å². The van der Waals surface area contributed by atoms with Gasteiger partial charge in [0.2, 0.25) is 0 Å². The molecule has 0 amide bonds. The van der Waals surface area contributed by atoms with Crippen LogP contribution < -0.4 is 5.73 Å². The van der Waals surface area contributed by atoms with Crippen LogP contribution >= 0.6 is 0 Å². The van der Waals surface area contributed by atoms with Crippen molar-refractivity contribution >= 4 is 5.97 Å². The van der Waals surface area contributed by atoms with E-state index in [4.69, 9.17) is 5.73 Å². The molecule has 2 N–H and O–H groups in total. The predicted molar refractivity (Wildman–Crippen MR) is 72.1 cm³/mol. The molecular weight excluding hydrogens is 271 g/mol. The first-order chi connectivity index (χ1) is 9.34. The van der Waals surface area contributed by atoms with Crippen molar-refractivity contribution in [3.05, 3.63) is 0 Å². The molecular formula is C14H26F3NO2. The maximum absolute atomic E-state index is 12.6. The Kier molecular flexibility index (Phi) is 9.63. The Morgan fingerprint density at radius 2 is 1.60 bits per heavy atom. The molecule has 0 heterocycles. The standard InChI is InChI=1S/C14H26F3NO2/c1-3-4-5-6-7-8-9-10-11(13(19)20-2)12(18)14(15,16)17/h11-12H,3-10,18H2,1-2H3/t11-,12-/m1/s1. The van der Waals surface area contributed by atoms with Gasteiger partial charge in [-0.3, -0.25) is 4.79 Å². The maximum Gasteiger partial charge on any atom is 0.404 e. The fourth-order valence-electron chi connectivity index (χ4n) is 2.14. The molecule has 0 spiro atoms. The Balaban J connectivity index is 4.10. The van der Waals surface area contributed by atoms with Gasteiger partial charge in [0.15, 0.2) is 0 Å². The summed E-state index contributed by atoms with van der Waals surface area (Å²) in [5.41, 5.74) is 5.13. The van der Waals surface area contributed by atoms with E-state index in [1.807, 2.05) is 0 Å². The number of hydrogen-bond acceptors (Lipinski definition) is 3. The topological polar surface area (TPSA) is 52.3 Å². The summed E-state index contributed by atoms with van der Waals surface area (Å²) >= 11 is 0. The summed E-state index contributed by atoms with van der Waals surface area (Å²) in [7, 11) is 1.09. The number of rotatable bonds is 10. The summed E-state index contributed by atoms with van der Waals surface area (Å²) in [6.45, 7) is 2.12. The molecule has 120 valence electrons. The van der Waals surface area contributed by atoms with Crippen LogP contribution in [0.25, 0.3) is 0 Å². The van der Waals surface area contributed by atoms with E-state index in [0.717, 1.165) is 39.2 Å². The van der Waals surface area contributed by atoms with Crippen LogP contribution in [0.5, 0.6) is 0 Å². The van der Waals surface area contributed by atoms with Crippen LogP contribution in [0.3, 0.4) is 0 Å². The van der Waals surface area contributed by atoms with Crippen molar-refractivity contribution in [1.82, 2.24) is 0 Å². The van der Waals surface area contributed by atoms with Crippen molar-refractivity contribution in [3.63, 3.8) is 0 Å². The van der Waals surface area contributed by atoms with Gasteiger partial charge in [0.05, 0.1) is 13.0 Å². The fraction of sp³-hybridized carbons (Fsp3) is 0.929. The molecule has 0 rings (SSSR count). The molecule has 0 aliphatic carbocycles. The second kappa shape index (κ2) is 10.0. The molecule has 0 fully saturated rings. The smallest absolute Gasteiger partial charge is 0.404 e. The van der Waals surface area contributed by atoms with E-state index in [2.05, 4.69) is 11.7 Å². The summed E-state index contributed by atoms with van der Waals surface area (Å²) in [4.78, 5) is 11.4. The van der Waals surface area contributed by atoms with Crippen LogP contribution in [-0.2, 0) is 9.53 Å². The number of esters is 1. The molecule has 3 nitrogen and oxygen atoms in total. The lowest BCUT2D eigenvalue weighted by molar-refractivity contribution is -0.175. The number of hydrogen-bond donors (Lipinski definition) is 1. The Bertz CT molecular complexity index is 270. The second-order valence-corrected chi connectivity index (χ2v) is 5.11. The molecule has 0 aromatic rings. The highest BCUT2D eigenvalue weighted by Gasteiger charge is 2.45. The molecule has 6 heteroatoms. The monoisotopic (exact) mass is 297 g/mol. The molecule has 0 saturated carbocycles. The van der Waals surface area contributed by atoms with E-state index < -0.39 is 24.1 Å². The molecule has 0 radical (unpaired) electrons. The highest BCUT2D eigenvalue weighted by Crippen LogP contribution is 2.28. The number of carbonyl (C=O) groups is 1. The Hall–Kier alpha value is -0.780. The predicted octanol–water partition coefficient (Wildman–Crippen LogP) is 3.81. The highest BCUT2D eigenvalue weighted by molar-refractivity contribution is 5.73. The van der Waals surface area contributed by atoms with Crippen LogP contribution in [0.2, 0.25) is 0 Å². The minimum Gasteiger partial charge on any atom is -0.469 e. The second-order valence-electron chi connectivity index (χ2n) is 5.11. The summed E-state index contributed by atoms with van der Waals surface area (Å²) < 4.78 is 42.2. The van der Waals surface area contributed by atoms with Gasteiger partial charge < -0.3 is 10.5 Å². The zero-order valence-corrected chi connectivity index (χ0v) is 12.3. The first-order valence-electron chi connectivity index (χ1n) is 7.24. The summed E-state index contributed by atoms with van der Waals surface area (Å²) in [6, 6.07) is -2.14. The maximum atomic E-state index is 12.6. The number of ether oxygens (including phenoxy) is 1. The molecule has 0 aliphatic rings. The molecule has 0 saturated heterocycles. The summed E-state index contributed by atoms with van der Waals surface area (Å²) in [5, 5.41) is 0. The Labute approximate surface area is 119 Å². The van der Waals surface area contributed by atoms with Gasteiger partial charge in [0, 0.05) is 0 Å². The quantitative estimate of drug-likeness (QED) is 0.493. The SMILES string of the molecule is CCCCCCCCC[C@@H](C(=O)OC)[C@@H](N)C(F)(F)F. The Morgan fingerprint density at radius 3 is 2.05 bits per heavy atom. The van der Waals surface area contributed by atoms with E-state index in [9.17, 15) is 18.0 Å². The minimum atomic E-state index is -4.57. The summed E-state index contributed by atoms with van der Waals surface area (Å²) in [6.07, 6.45) is 2.50. The van der Waals surface area contributed by atoms with Gasteiger partial charge in [0.1, 0.15) is 6.04 Å². The van der Waals surface area contributed by atoms with Crippen LogP contribution in [0.15, 0.2) is 0 Å². The number of halogens is 3. The lowest BCUT2D eigenvalue weighted by atomic mass is 9.93. The molecule has 0 aromatic heterocycles. The van der Waals surface area contributed by atoms with Gasteiger partial charge in [-0.1, -0.05) is 51.9 Å². The lowest BCUT2D eigenvalue weighted by Crippen LogP contribution is -2.47. The van der Waals surface area contributed by atoms with E-state index in [1.54, 1.807) is 0 Å². The van der Waals surface area contributed by atoms with E-state index in [-0.39, 0.29) is 6.42 Å². The van der Waals surface area contributed by atoms with Gasteiger partial charge in [0.25, 0.3) is 0 Å². The molecule has 20 heavy (non-hydrogen) atoms. The van der Waals surface area contributed by atoms with Gasteiger partial charge >= 0.3 is 12.1 Å². The average molecular weight is 297 g/mol. The lowest BCUT2D eigenvalue weighted by Gasteiger charge is -2.23. The van der Waals surface area contributed by atoms with E-state index in [1.165, 1.54) is 6.42 Å². The fourth-order valence-corrected chi connectivity index (χ4v) is 2.14. The van der Waals surface area contributed by atoms with Gasteiger partial charge in [-0.05, 0) is 6.42 Å². The van der Waals surface area contributed by atoms with Gasteiger partial charge in [-0.2, -0.15) is 13.2 Å². The Morgan fingerprint density at radius 1 is 1.10 bits per heavy atom. The van der Waals surface area contributed by atoms with Crippen LogP contribution in [0.4, 0.5) is 13.2 Å². The first kappa shape index (κ1) is 19.2. The normalized spacial score (nSPS) is 14.9. The van der Waals surface area contributed by atoms with Gasteiger partial charge in [-0.25, -0.2) is 0 Å². The van der Waals surface area contributed by atoms with Crippen LogP contribution in [-0.4, -0.2) is 25.3 Å². The third-order valence-corrected chi connectivity index (χ3v) is 3.43. The molecule has 2 atom stereocenters. The van der Waals surface area contributed by atoms with Gasteiger partial charge in [-0.15, -0.1) is 0 Å². The van der Waals surface area contributed by atoms with Crippen molar-refractivity contribution in [2.75, 3.05) is 7.11 Å². The number of alkyl halides is 3. The molecule has 0 unspecified atom stereocenters. The molecule has 0 aromatic carbocycles. The third kappa shape index (κ3) is 7.72. The van der Waals surface area contributed by atoms with E-state index in [0.29, 0.717) is 6.42 Å². The average Bonchev–Trinajstić information content (AvgIpc) is 2.39. The van der Waals surface area contributed by atoms with Crippen molar-refractivity contribution in [2.45, 2.75) is 70.5 Å². The minimum absolute atomic E-state index is 0.126. The zero-order valence-electron chi connectivity index (χ0n) is 12.3. The van der Waals surface area contributed by atoms with Crippen molar-refractivity contribution in [3.8, 4) is 0 Å². The largest absolute Gasteiger partial charge is 0.469 e. The zero-order chi connectivity index (χ0) is 15.6. The summed E-state index contributed by atoms with van der Waals surface area (Å²) in [5.74, 6) is -2.17. The van der Waals surface area contributed by atoms with Crippen LogP contribution in [0, 0.1) is 5.92 Å².